The predicted octanol–water partition coefficient (Wildman–Crippen LogP) is 3.56. The summed E-state index contributed by atoms with van der Waals surface area (Å²) in [6.07, 6.45) is 3.27. The van der Waals surface area contributed by atoms with Crippen LogP contribution in [0, 0.1) is 11.8 Å². The first kappa shape index (κ1) is 12.8. The van der Waals surface area contributed by atoms with Crippen LogP contribution in [0.15, 0.2) is 24.4 Å². The molecule has 1 aliphatic rings. The number of anilines is 1. The lowest BCUT2D eigenvalue weighted by molar-refractivity contribution is 0.322. The second-order valence-corrected chi connectivity index (χ2v) is 5.90. The highest BCUT2D eigenvalue weighted by Gasteiger charge is 2.26. The van der Waals surface area contributed by atoms with Gasteiger partial charge in [-0.2, -0.15) is 0 Å². The summed E-state index contributed by atoms with van der Waals surface area (Å²) in [6, 6.07) is 6.08. The van der Waals surface area contributed by atoms with Gasteiger partial charge in [0.05, 0.1) is 11.6 Å². The highest BCUT2D eigenvalue weighted by atomic mass is 35.5. The van der Waals surface area contributed by atoms with E-state index in [0.717, 1.165) is 36.2 Å². The van der Waals surface area contributed by atoms with Gasteiger partial charge in [0.15, 0.2) is 5.82 Å². The quantitative estimate of drug-likeness (QED) is 0.783. The number of rotatable bonds is 2. The first-order valence-electron chi connectivity index (χ1n) is 6.97. The average Bonchev–Trinajstić information content (AvgIpc) is 2.80. The first-order valence-corrected chi connectivity index (χ1v) is 7.51. The molecule has 3 rings (SSSR count). The largest absolute Gasteiger partial charge is 0.355 e. The number of hydrogen-bond donors (Lipinski definition) is 0. The molecule has 102 valence electrons. The molecule has 1 aliphatic heterocycles. The van der Waals surface area contributed by atoms with E-state index >= 15 is 0 Å². The normalized spacial score (nSPS) is 24.1. The maximum Gasteiger partial charge on any atom is 0.152 e. The third kappa shape index (κ3) is 2.20. The molecule has 3 nitrogen and oxygen atoms in total. The zero-order chi connectivity index (χ0) is 13.4. The molecule has 0 saturated carbocycles. The van der Waals surface area contributed by atoms with Crippen LogP contribution in [-0.2, 0) is 5.88 Å². The average molecular weight is 278 g/mol. The van der Waals surface area contributed by atoms with E-state index < -0.39 is 0 Å². The molecule has 0 aliphatic carbocycles. The van der Waals surface area contributed by atoms with Crippen molar-refractivity contribution >= 4 is 23.1 Å². The Balaban J connectivity index is 2.00. The number of nitrogens with zero attached hydrogens (tertiary/aromatic N) is 3. The van der Waals surface area contributed by atoms with Crippen LogP contribution in [0.5, 0.6) is 0 Å². The second-order valence-electron chi connectivity index (χ2n) is 5.63. The van der Waals surface area contributed by atoms with Crippen molar-refractivity contribution in [1.82, 2.24) is 9.38 Å². The Morgan fingerprint density at radius 3 is 2.89 bits per heavy atom. The number of imidazole rings is 1. The zero-order valence-corrected chi connectivity index (χ0v) is 12.3. The molecule has 2 atom stereocenters. The number of piperidine rings is 1. The Bertz CT molecular complexity index is 578. The maximum atomic E-state index is 6.15. The van der Waals surface area contributed by atoms with Gasteiger partial charge in [-0.15, -0.1) is 11.6 Å². The van der Waals surface area contributed by atoms with Crippen molar-refractivity contribution < 1.29 is 0 Å². The van der Waals surface area contributed by atoms with Crippen LogP contribution in [0.4, 0.5) is 5.82 Å². The van der Waals surface area contributed by atoms with E-state index in [1.807, 2.05) is 24.4 Å². The van der Waals surface area contributed by atoms with Gasteiger partial charge < -0.3 is 9.30 Å². The Kier molecular flexibility index (Phi) is 3.40. The summed E-state index contributed by atoms with van der Waals surface area (Å²) < 4.78 is 2.10. The van der Waals surface area contributed by atoms with Gasteiger partial charge in [-0.3, -0.25) is 0 Å². The fourth-order valence-corrected chi connectivity index (χ4v) is 3.12. The van der Waals surface area contributed by atoms with Crippen molar-refractivity contribution in [2.24, 2.45) is 11.8 Å². The number of pyridine rings is 1. The molecule has 0 bridgehead atoms. The molecule has 19 heavy (non-hydrogen) atoms. The Labute approximate surface area is 119 Å². The van der Waals surface area contributed by atoms with Gasteiger partial charge in [-0.25, -0.2) is 4.98 Å². The maximum absolute atomic E-state index is 6.15. The molecule has 3 heterocycles. The van der Waals surface area contributed by atoms with Gasteiger partial charge >= 0.3 is 0 Å². The summed E-state index contributed by atoms with van der Waals surface area (Å²) in [5.41, 5.74) is 2.10. The Hall–Kier alpha value is -1.22. The van der Waals surface area contributed by atoms with E-state index in [9.17, 15) is 0 Å². The third-order valence-electron chi connectivity index (χ3n) is 4.37. The number of fused-ring (bicyclic) bond motifs is 1. The van der Waals surface area contributed by atoms with Gasteiger partial charge in [-0.05, 0) is 30.4 Å². The van der Waals surface area contributed by atoms with E-state index in [-0.39, 0.29) is 0 Å². The monoisotopic (exact) mass is 277 g/mol. The minimum atomic E-state index is 0.501. The summed E-state index contributed by atoms with van der Waals surface area (Å²) in [5, 5.41) is 0. The molecule has 0 aromatic carbocycles. The summed E-state index contributed by atoms with van der Waals surface area (Å²) in [7, 11) is 0. The molecule has 2 aromatic heterocycles. The van der Waals surface area contributed by atoms with Crippen LogP contribution in [-0.4, -0.2) is 22.5 Å². The molecule has 0 spiro atoms. The molecule has 1 saturated heterocycles. The Morgan fingerprint density at radius 1 is 1.32 bits per heavy atom. The van der Waals surface area contributed by atoms with Crippen LogP contribution >= 0.6 is 11.6 Å². The van der Waals surface area contributed by atoms with Crippen molar-refractivity contribution in [1.29, 1.82) is 0 Å². The molecule has 0 amide bonds. The number of halogens is 1. The third-order valence-corrected chi connectivity index (χ3v) is 4.62. The SMILES string of the molecule is CC1CCN(c2nc3ccccn3c2CCl)CC1C. The topological polar surface area (TPSA) is 20.5 Å². The Morgan fingerprint density at radius 2 is 2.16 bits per heavy atom. The lowest BCUT2D eigenvalue weighted by Gasteiger charge is -2.35. The fourth-order valence-electron chi connectivity index (χ4n) is 2.87. The predicted molar refractivity (Wildman–Crippen MR) is 79.9 cm³/mol. The molecule has 2 unspecified atom stereocenters. The molecule has 1 fully saturated rings. The van der Waals surface area contributed by atoms with Crippen LogP contribution in [0.3, 0.4) is 0 Å². The summed E-state index contributed by atoms with van der Waals surface area (Å²) in [5.74, 6) is 3.08. The van der Waals surface area contributed by atoms with E-state index in [1.54, 1.807) is 0 Å². The highest BCUT2D eigenvalue weighted by Crippen LogP contribution is 2.30. The molecule has 4 heteroatoms. The molecular formula is C15H20ClN3. The summed E-state index contributed by atoms with van der Waals surface area (Å²) in [4.78, 5) is 7.17. The molecule has 0 radical (unpaired) electrons. The van der Waals surface area contributed by atoms with Gasteiger partial charge in [0.2, 0.25) is 0 Å². The minimum Gasteiger partial charge on any atom is -0.355 e. The molecular weight excluding hydrogens is 258 g/mol. The van der Waals surface area contributed by atoms with Crippen LogP contribution in [0.2, 0.25) is 0 Å². The standard InChI is InChI=1S/C15H20ClN3/c1-11-6-8-18(10-12(11)2)15-13(9-16)19-7-4-3-5-14(19)17-15/h3-5,7,11-12H,6,8-10H2,1-2H3. The van der Waals surface area contributed by atoms with Crippen molar-refractivity contribution in [3.63, 3.8) is 0 Å². The number of aromatic nitrogens is 2. The van der Waals surface area contributed by atoms with E-state index in [1.165, 1.54) is 6.42 Å². The minimum absolute atomic E-state index is 0.501. The van der Waals surface area contributed by atoms with Gasteiger partial charge in [0, 0.05) is 19.3 Å². The smallest absolute Gasteiger partial charge is 0.152 e. The van der Waals surface area contributed by atoms with Crippen molar-refractivity contribution in [2.75, 3.05) is 18.0 Å². The molecule has 0 N–H and O–H groups in total. The van der Waals surface area contributed by atoms with E-state index in [0.29, 0.717) is 11.8 Å². The van der Waals surface area contributed by atoms with Gasteiger partial charge in [-0.1, -0.05) is 19.9 Å². The summed E-state index contributed by atoms with van der Waals surface area (Å²) >= 11 is 6.15. The fraction of sp³-hybridized carbons (Fsp3) is 0.533. The van der Waals surface area contributed by atoms with Crippen molar-refractivity contribution in [3.05, 3.63) is 30.1 Å². The lowest BCUT2D eigenvalue weighted by Crippen LogP contribution is -2.39. The zero-order valence-electron chi connectivity index (χ0n) is 11.5. The first-order chi connectivity index (χ1) is 9.20. The van der Waals surface area contributed by atoms with Crippen LogP contribution < -0.4 is 4.90 Å². The highest BCUT2D eigenvalue weighted by molar-refractivity contribution is 6.17. The van der Waals surface area contributed by atoms with Gasteiger partial charge in [0.25, 0.3) is 0 Å². The molecule has 2 aromatic rings. The van der Waals surface area contributed by atoms with E-state index in [4.69, 9.17) is 16.6 Å². The van der Waals surface area contributed by atoms with Gasteiger partial charge in [0.1, 0.15) is 5.65 Å². The van der Waals surface area contributed by atoms with E-state index in [2.05, 4.69) is 23.1 Å². The van der Waals surface area contributed by atoms with Crippen LogP contribution in [0.25, 0.3) is 5.65 Å². The number of alkyl halides is 1. The van der Waals surface area contributed by atoms with Crippen molar-refractivity contribution in [2.45, 2.75) is 26.1 Å². The van der Waals surface area contributed by atoms with Crippen LogP contribution in [0.1, 0.15) is 26.0 Å². The number of hydrogen-bond acceptors (Lipinski definition) is 2. The lowest BCUT2D eigenvalue weighted by atomic mass is 9.89. The van der Waals surface area contributed by atoms with Crippen molar-refractivity contribution in [3.8, 4) is 0 Å². The second kappa shape index (κ2) is 5.04. The summed E-state index contributed by atoms with van der Waals surface area (Å²) in [6.45, 7) is 6.83.